The van der Waals surface area contributed by atoms with Gasteiger partial charge in [0.15, 0.2) is 18.1 Å². The Balaban J connectivity index is 1.99. The van der Waals surface area contributed by atoms with Crippen molar-refractivity contribution < 1.29 is 14.3 Å². The number of nitrogens with one attached hydrogen (secondary N) is 1. The van der Waals surface area contributed by atoms with Gasteiger partial charge in [0.25, 0.3) is 5.91 Å². The fraction of sp³-hybridized carbons (Fsp3) is 0.150. The third-order valence-electron chi connectivity index (χ3n) is 3.22. The highest BCUT2D eigenvalue weighted by Gasteiger charge is 2.08. The number of allylic oxidation sites excluding steroid dienone is 1. The number of benzene rings is 2. The van der Waals surface area contributed by atoms with Crippen LogP contribution in [-0.2, 0) is 4.79 Å². The first-order valence-corrected chi connectivity index (χ1v) is 7.46. The summed E-state index contributed by atoms with van der Waals surface area (Å²) in [5, 5.41) is 2.74. The van der Waals surface area contributed by atoms with E-state index in [0.717, 1.165) is 5.56 Å². The van der Waals surface area contributed by atoms with E-state index in [1.165, 1.54) is 0 Å². The molecule has 2 rings (SSSR count). The van der Waals surface area contributed by atoms with Gasteiger partial charge in [-0.15, -0.1) is 6.42 Å². The lowest BCUT2D eigenvalue weighted by molar-refractivity contribution is -0.118. The van der Waals surface area contributed by atoms with E-state index < -0.39 is 0 Å². The molecule has 0 aliphatic carbocycles. The molecule has 4 heteroatoms. The summed E-state index contributed by atoms with van der Waals surface area (Å²) in [4.78, 5) is 12.0. The van der Waals surface area contributed by atoms with Crippen LogP contribution < -0.4 is 14.8 Å². The van der Waals surface area contributed by atoms with Crippen LogP contribution in [0.4, 0.5) is 5.69 Å². The van der Waals surface area contributed by atoms with Gasteiger partial charge in [0, 0.05) is 11.3 Å². The molecule has 0 heterocycles. The Morgan fingerprint density at radius 2 is 2.08 bits per heavy atom. The van der Waals surface area contributed by atoms with Crippen LogP contribution in [0.3, 0.4) is 0 Å². The molecule has 0 bridgehead atoms. The molecule has 0 aliphatic heterocycles. The van der Waals surface area contributed by atoms with Gasteiger partial charge >= 0.3 is 0 Å². The Hall–Kier alpha value is -3.19. The largest absolute Gasteiger partial charge is 0.493 e. The predicted molar refractivity (Wildman–Crippen MR) is 96.2 cm³/mol. The molecule has 122 valence electrons. The van der Waals surface area contributed by atoms with Crippen LogP contribution in [0.5, 0.6) is 11.5 Å². The normalized spacial score (nSPS) is 10.2. The van der Waals surface area contributed by atoms with Crippen LogP contribution in [0, 0.1) is 12.3 Å². The van der Waals surface area contributed by atoms with Gasteiger partial charge in [-0.05, 0) is 42.8 Å². The quantitative estimate of drug-likeness (QED) is 0.825. The van der Waals surface area contributed by atoms with Crippen LogP contribution in [0.15, 0.2) is 48.5 Å². The Morgan fingerprint density at radius 1 is 1.25 bits per heavy atom. The number of anilines is 1. The van der Waals surface area contributed by atoms with Crippen molar-refractivity contribution in [1.82, 2.24) is 0 Å². The maximum absolute atomic E-state index is 12.0. The first-order valence-electron chi connectivity index (χ1n) is 7.46. The molecule has 0 fully saturated rings. The fourth-order valence-corrected chi connectivity index (χ4v) is 2.13. The maximum atomic E-state index is 12.0. The van der Waals surface area contributed by atoms with Crippen molar-refractivity contribution in [2.45, 2.75) is 6.92 Å². The molecule has 0 aliphatic rings. The summed E-state index contributed by atoms with van der Waals surface area (Å²) in [6.07, 6.45) is 9.24. The second kappa shape index (κ2) is 8.44. The monoisotopic (exact) mass is 321 g/mol. The van der Waals surface area contributed by atoms with Crippen molar-refractivity contribution in [2.75, 3.05) is 19.0 Å². The summed E-state index contributed by atoms with van der Waals surface area (Å²) in [7, 11) is 1.56. The summed E-state index contributed by atoms with van der Waals surface area (Å²) >= 11 is 0. The van der Waals surface area contributed by atoms with E-state index in [1.54, 1.807) is 37.4 Å². The van der Waals surface area contributed by atoms with Gasteiger partial charge in [-0.25, -0.2) is 0 Å². The van der Waals surface area contributed by atoms with Crippen LogP contribution >= 0.6 is 0 Å². The third-order valence-corrected chi connectivity index (χ3v) is 3.22. The van der Waals surface area contributed by atoms with E-state index in [2.05, 4.69) is 11.2 Å². The zero-order valence-electron chi connectivity index (χ0n) is 13.7. The fourth-order valence-electron chi connectivity index (χ4n) is 2.13. The van der Waals surface area contributed by atoms with E-state index in [9.17, 15) is 4.79 Å². The van der Waals surface area contributed by atoms with Crippen LogP contribution in [0.2, 0.25) is 0 Å². The van der Waals surface area contributed by atoms with E-state index in [4.69, 9.17) is 15.9 Å². The standard InChI is InChI=1S/C20H19NO3/c1-4-7-16-10-11-18(19(13-16)23-3)24-14-20(22)21-17-9-6-8-15(5-2)12-17/h2,4,6-13H,14H2,1,3H3,(H,21,22)/b7-4+. The number of methoxy groups -OCH3 is 1. The highest BCUT2D eigenvalue weighted by molar-refractivity contribution is 5.92. The minimum atomic E-state index is -0.274. The molecule has 0 radical (unpaired) electrons. The van der Waals surface area contributed by atoms with Crippen molar-refractivity contribution in [3.63, 3.8) is 0 Å². The Kier molecular flexibility index (Phi) is 6.04. The van der Waals surface area contributed by atoms with Gasteiger partial charge in [0.05, 0.1) is 7.11 Å². The maximum Gasteiger partial charge on any atom is 0.262 e. The van der Waals surface area contributed by atoms with Gasteiger partial charge < -0.3 is 14.8 Å². The molecular formula is C20H19NO3. The number of terminal acetylenes is 1. The van der Waals surface area contributed by atoms with Crippen LogP contribution in [-0.4, -0.2) is 19.6 Å². The molecule has 0 aromatic heterocycles. The smallest absolute Gasteiger partial charge is 0.262 e. The SMILES string of the molecule is C#Cc1cccc(NC(=O)COc2ccc(/C=C/C)cc2OC)c1. The number of hydrogen-bond donors (Lipinski definition) is 1. The molecule has 2 aromatic carbocycles. The molecule has 0 unspecified atom stereocenters. The molecule has 1 amide bonds. The molecule has 0 atom stereocenters. The molecule has 1 N–H and O–H groups in total. The number of carbonyl (C=O) groups excluding carboxylic acids is 1. The second-order valence-electron chi connectivity index (χ2n) is 4.97. The zero-order valence-corrected chi connectivity index (χ0v) is 13.7. The number of ether oxygens (including phenoxy) is 2. The number of carbonyl (C=O) groups is 1. The van der Waals surface area contributed by atoms with Crippen LogP contribution in [0.1, 0.15) is 18.1 Å². The highest BCUT2D eigenvalue weighted by atomic mass is 16.5. The molecule has 0 saturated heterocycles. The first kappa shape index (κ1) is 17.2. The molecule has 2 aromatic rings. The van der Waals surface area contributed by atoms with Crippen LogP contribution in [0.25, 0.3) is 6.08 Å². The Bertz CT molecular complexity index is 788. The summed E-state index contributed by atoms with van der Waals surface area (Å²) in [5.74, 6) is 3.34. The highest BCUT2D eigenvalue weighted by Crippen LogP contribution is 2.28. The third kappa shape index (κ3) is 4.65. The topological polar surface area (TPSA) is 47.6 Å². The van der Waals surface area contributed by atoms with Crippen molar-refractivity contribution in [2.24, 2.45) is 0 Å². The summed E-state index contributed by atoms with van der Waals surface area (Å²) in [6.45, 7) is 1.82. The summed E-state index contributed by atoms with van der Waals surface area (Å²) in [5.41, 5.74) is 2.33. The molecule has 4 nitrogen and oxygen atoms in total. The molecule has 24 heavy (non-hydrogen) atoms. The van der Waals surface area contributed by atoms with E-state index in [-0.39, 0.29) is 12.5 Å². The number of hydrogen-bond acceptors (Lipinski definition) is 3. The van der Waals surface area contributed by atoms with Gasteiger partial charge in [-0.1, -0.05) is 30.2 Å². The first-order chi connectivity index (χ1) is 11.7. The average Bonchev–Trinajstić information content (AvgIpc) is 2.61. The van der Waals surface area contributed by atoms with Crippen molar-refractivity contribution in [3.05, 3.63) is 59.7 Å². The Morgan fingerprint density at radius 3 is 2.79 bits per heavy atom. The second-order valence-corrected chi connectivity index (χ2v) is 4.97. The van der Waals surface area contributed by atoms with E-state index in [0.29, 0.717) is 22.7 Å². The number of rotatable bonds is 6. The predicted octanol–water partition coefficient (Wildman–Crippen LogP) is 3.73. The van der Waals surface area contributed by atoms with Gasteiger partial charge in [-0.2, -0.15) is 0 Å². The molecular weight excluding hydrogens is 302 g/mol. The summed E-state index contributed by atoms with van der Waals surface area (Å²) < 4.78 is 10.9. The van der Waals surface area contributed by atoms with Crippen molar-refractivity contribution >= 4 is 17.7 Å². The lowest BCUT2D eigenvalue weighted by Gasteiger charge is -2.11. The molecule has 0 saturated carbocycles. The lowest BCUT2D eigenvalue weighted by atomic mass is 10.2. The minimum Gasteiger partial charge on any atom is -0.493 e. The van der Waals surface area contributed by atoms with Gasteiger partial charge in [-0.3, -0.25) is 4.79 Å². The minimum absolute atomic E-state index is 0.125. The summed E-state index contributed by atoms with van der Waals surface area (Å²) in [6, 6.07) is 12.6. The number of amides is 1. The van der Waals surface area contributed by atoms with Crippen molar-refractivity contribution in [3.8, 4) is 23.8 Å². The van der Waals surface area contributed by atoms with Gasteiger partial charge in [0.1, 0.15) is 0 Å². The average molecular weight is 321 g/mol. The lowest BCUT2D eigenvalue weighted by Crippen LogP contribution is -2.20. The van der Waals surface area contributed by atoms with E-state index in [1.807, 2.05) is 31.2 Å². The van der Waals surface area contributed by atoms with Gasteiger partial charge in [0.2, 0.25) is 0 Å². The Labute approximate surface area is 142 Å². The molecule has 0 spiro atoms. The zero-order chi connectivity index (χ0) is 17.4. The van der Waals surface area contributed by atoms with E-state index >= 15 is 0 Å². The van der Waals surface area contributed by atoms with Crippen molar-refractivity contribution in [1.29, 1.82) is 0 Å².